The van der Waals surface area contributed by atoms with Gasteiger partial charge in [0.1, 0.15) is 0 Å². The minimum absolute atomic E-state index is 0.0329. The highest BCUT2D eigenvalue weighted by molar-refractivity contribution is 4.83. The molecule has 0 aromatic heterocycles. The van der Waals surface area contributed by atoms with Gasteiger partial charge < -0.3 is 15.2 Å². The van der Waals surface area contributed by atoms with E-state index in [0.29, 0.717) is 19.1 Å². The van der Waals surface area contributed by atoms with Crippen LogP contribution in [-0.2, 0) is 9.47 Å². The summed E-state index contributed by atoms with van der Waals surface area (Å²) in [5.74, 6) is 0.648. The first-order chi connectivity index (χ1) is 8.89. The van der Waals surface area contributed by atoms with Gasteiger partial charge in [-0.2, -0.15) is 0 Å². The van der Waals surface area contributed by atoms with Crippen molar-refractivity contribution in [1.29, 1.82) is 0 Å². The Labute approximate surface area is 126 Å². The number of rotatable bonds is 10. The highest BCUT2D eigenvalue weighted by atomic mass is 16.5. The molecule has 0 amide bonds. The average Bonchev–Trinajstić information content (AvgIpc) is 2.20. The van der Waals surface area contributed by atoms with Crippen LogP contribution in [0.15, 0.2) is 0 Å². The van der Waals surface area contributed by atoms with E-state index in [0.717, 1.165) is 19.3 Å². The summed E-state index contributed by atoms with van der Waals surface area (Å²) in [5.41, 5.74) is 5.61. The van der Waals surface area contributed by atoms with Gasteiger partial charge in [0, 0.05) is 5.54 Å². The highest BCUT2D eigenvalue weighted by Gasteiger charge is 2.27. The Morgan fingerprint density at radius 1 is 0.950 bits per heavy atom. The van der Waals surface area contributed by atoms with E-state index in [9.17, 15) is 0 Å². The molecule has 0 aromatic rings. The molecule has 0 heterocycles. The Kier molecular flexibility index (Phi) is 7.72. The maximum absolute atomic E-state index is 6.06. The van der Waals surface area contributed by atoms with Gasteiger partial charge in [0.05, 0.1) is 24.4 Å². The van der Waals surface area contributed by atoms with Gasteiger partial charge >= 0.3 is 0 Å². The van der Waals surface area contributed by atoms with E-state index in [4.69, 9.17) is 15.2 Å². The predicted octanol–water partition coefficient (Wildman–Crippen LogP) is 4.14. The first kappa shape index (κ1) is 19.9. The maximum Gasteiger partial charge on any atom is 0.0708 e. The van der Waals surface area contributed by atoms with Crippen LogP contribution in [0, 0.1) is 5.92 Å². The topological polar surface area (TPSA) is 44.5 Å². The van der Waals surface area contributed by atoms with Gasteiger partial charge in [-0.05, 0) is 59.8 Å². The van der Waals surface area contributed by atoms with E-state index in [1.807, 2.05) is 13.8 Å². The lowest BCUT2D eigenvalue weighted by Crippen LogP contribution is -2.42. The molecule has 0 aliphatic heterocycles. The predicted molar refractivity (Wildman–Crippen MR) is 87.0 cm³/mol. The van der Waals surface area contributed by atoms with Crippen molar-refractivity contribution in [3.63, 3.8) is 0 Å². The standard InChI is InChI=1S/C17H37NO2/c1-9-17(8,12-14(2)3)20-11-10-19-16(6,7)13-15(4,5)18/h14H,9-13,18H2,1-8H3. The molecule has 1 atom stereocenters. The van der Waals surface area contributed by atoms with Gasteiger partial charge in [-0.25, -0.2) is 0 Å². The molecule has 0 aliphatic carbocycles. The number of hydrogen-bond acceptors (Lipinski definition) is 3. The second-order valence-corrected chi connectivity index (χ2v) is 8.02. The third kappa shape index (κ3) is 9.73. The summed E-state index contributed by atoms with van der Waals surface area (Å²) in [5, 5.41) is 0. The zero-order valence-electron chi connectivity index (χ0n) is 15.0. The quantitative estimate of drug-likeness (QED) is 0.614. The summed E-state index contributed by atoms with van der Waals surface area (Å²) in [6.07, 6.45) is 2.95. The van der Waals surface area contributed by atoms with Gasteiger partial charge in [0.2, 0.25) is 0 Å². The molecule has 0 bridgehead atoms. The van der Waals surface area contributed by atoms with E-state index >= 15 is 0 Å². The minimum Gasteiger partial charge on any atom is -0.373 e. The molecule has 0 aliphatic rings. The van der Waals surface area contributed by atoms with Crippen molar-refractivity contribution in [2.45, 2.75) is 91.4 Å². The normalized spacial score (nSPS) is 16.5. The van der Waals surface area contributed by atoms with Crippen LogP contribution in [0.2, 0.25) is 0 Å². The molecular weight excluding hydrogens is 250 g/mol. The summed E-state index contributed by atoms with van der Waals surface area (Å²) in [4.78, 5) is 0. The summed E-state index contributed by atoms with van der Waals surface area (Å²) in [6, 6.07) is 0. The van der Waals surface area contributed by atoms with Crippen LogP contribution in [0.1, 0.15) is 74.7 Å². The molecule has 3 heteroatoms. The molecule has 2 N–H and O–H groups in total. The van der Waals surface area contributed by atoms with E-state index in [1.54, 1.807) is 0 Å². The fourth-order valence-electron chi connectivity index (χ4n) is 2.92. The Morgan fingerprint density at radius 3 is 1.85 bits per heavy atom. The third-order valence-electron chi connectivity index (χ3n) is 3.50. The minimum atomic E-state index is -0.208. The molecule has 0 radical (unpaired) electrons. The largest absolute Gasteiger partial charge is 0.373 e. The van der Waals surface area contributed by atoms with Crippen LogP contribution in [0.4, 0.5) is 0 Å². The van der Waals surface area contributed by atoms with E-state index < -0.39 is 0 Å². The van der Waals surface area contributed by atoms with E-state index in [1.165, 1.54) is 0 Å². The zero-order chi connectivity index (χ0) is 16.0. The van der Waals surface area contributed by atoms with Gasteiger partial charge in [-0.1, -0.05) is 20.8 Å². The summed E-state index contributed by atoms with van der Waals surface area (Å²) in [6.45, 7) is 18.4. The van der Waals surface area contributed by atoms with Gasteiger partial charge in [0.15, 0.2) is 0 Å². The number of ether oxygens (including phenoxy) is 2. The van der Waals surface area contributed by atoms with Crippen LogP contribution in [0.3, 0.4) is 0 Å². The van der Waals surface area contributed by atoms with E-state index in [2.05, 4.69) is 41.5 Å². The molecule has 3 nitrogen and oxygen atoms in total. The number of nitrogens with two attached hydrogens (primary N) is 1. The molecule has 0 rings (SSSR count). The van der Waals surface area contributed by atoms with Crippen molar-refractivity contribution in [2.24, 2.45) is 11.7 Å². The number of hydrogen-bond donors (Lipinski definition) is 1. The van der Waals surface area contributed by atoms with Gasteiger partial charge in [-0.3, -0.25) is 0 Å². The molecule has 122 valence electrons. The first-order valence-electron chi connectivity index (χ1n) is 7.96. The van der Waals surface area contributed by atoms with Crippen molar-refractivity contribution in [2.75, 3.05) is 13.2 Å². The lowest BCUT2D eigenvalue weighted by atomic mass is 9.90. The maximum atomic E-state index is 6.06. The fraction of sp³-hybridized carbons (Fsp3) is 1.00. The Morgan fingerprint density at radius 2 is 1.45 bits per heavy atom. The van der Waals surface area contributed by atoms with Crippen LogP contribution >= 0.6 is 0 Å². The molecule has 1 unspecified atom stereocenters. The average molecular weight is 287 g/mol. The second kappa shape index (κ2) is 7.77. The van der Waals surface area contributed by atoms with E-state index in [-0.39, 0.29) is 16.7 Å². The highest BCUT2D eigenvalue weighted by Crippen LogP contribution is 2.25. The van der Waals surface area contributed by atoms with Crippen LogP contribution < -0.4 is 5.73 Å². The Hall–Kier alpha value is -0.120. The van der Waals surface area contributed by atoms with Crippen molar-refractivity contribution in [3.8, 4) is 0 Å². The molecule has 0 aromatic carbocycles. The Bertz CT molecular complexity index is 269. The Balaban J connectivity index is 4.12. The summed E-state index contributed by atoms with van der Waals surface area (Å²) in [7, 11) is 0. The summed E-state index contributed by atoms with van der Waals surface area (Å²) >= 11 is 0. The smallest absolute Gasteiger partial charge is 0.0708 e. The molecule has 20 heavy (non-hydrogen) atoms. The van der Waals surface area contributed by atoms with Crippen molar-refractivity contribution >= 4 is 0 Å². The van der Waals surface area contributed by atoms with Crippen LogP contribution in [0.25, 0.3) is 0 Å². The molecular formula is C17H37NO2. The second-order valence-electron chi connectivity index (χ2n) is 8.02. The monoisotopic (exact) mass is 287 g/mol. The first-order valence-corrected chi connectivity index (χ1v) is 7.96. The summed E-state index contributed by atoms with van der Waals surface area (Å²) < 4.78 is 12.0. The van der Waals surface area contributed by atoms with Crippen LogP contribution in [-0.4, -0.2) is 30.0 Å². The van der Waals surface area contributed by atoms with Gasteiger partial charge in [-0.15, -0.1) is 0 Å². The van der Waals surface area contributed by atoms with Crippen molar-refractivity contribution in [1.82, 2.24) is 0 Å². The zero-order valence-corrected chi connectivity index (χ0v) is 15.0. The van der Waals surface area contributed by atoms with Gasteiger partial charge in [0.25, 0.3) is 0 Å². The molecule has 0 saturated carbocycles. The SMILES string of the molecule is CCC(C)(CC(C)C)OCCOC(C)(C)CC(C)(C)N. The van der Waals surface area contributed by atoms with Crippen molar-refractivity contribution < 1.29 is 9.47 Å². The van der Waals surface area contributed by atoms with Crippen LogP contribution in [0.5, 0.6) is 0 Å². The lowest BCUT2D eigenvalue weighted by molar-refractivity contribution is -0.103. The fourth-order valence-corrected chi connectivity index (χ4v) is 2.92. The molecule has 0 saturated heterocycles. The third-order valence-corrected chi connectivity index (χ3v) is 3.50. The van der Waals surface area contributed by atoms with Crippen molar-refractivity contribution in [3.05, 3.63) is 0 Å². The molecule has 0 fully saturated rings. The lowest BCUT2D eigenvalue weighted by Gasteiger charge is -2.34. The molecule has 0 spiro atoms.